The third-order valence-electron chi connectivity index (χ3n) is 3.90. The van der Waals surface area contributed by atoms with Gasteiger partial charge >= 0.3 is 0 Å². The summed E-state index contributed by atoms with van der Waals surface area (Å²) in [5.41, 5.74) is 1.63. The number of carbonyl (C=O) groups excluding carboxylic acids is 1. The fourth-order valence-corrected chi connectivity index (χ4v) is 3.70. The summed E-state index contributed by atoms with van der Waals surface area (Å²) in [5, 5.41) is 0.815. The van der Waals surface area contributed by atoms with Crippen LogP contribution < -0.4 is 9.47 Å². The summed E-state index contributed by atoms with van der Waals surface area (Å²) >= 11 is 7.40. The van der Waals surface area contributed by atoms with Gasteiger partial charge in [-0.2, -0.15) is 0 Å². The molecule has 0 saturated heterocycles. The maximum atomic E-state index is 12.4. The Morgan fingerprint density at radius 1 is 1.27 bits per heavy atom. The standard InChI is InChI=1S/C19H19ClN2O3S/c1-12-8-17(15-9-13(24-3)4-6-16(15)21-12)25-11-19(23)22(2)10-14-5-7-18(20)26-14/h4-9H,10-11H2,1-3H3. The van der Waals surface area contributed by atoms with Gasteiger partial charge in [-0.05, 0) is 37.3 Å². The molecule has 0 radical (unpaired) electrons. The lowest BCUT2D eigenvalue weighted by Crippen LogP contribution is -2.30. The summed E-state index contributed by atoms with van der Waals surface area (Å²) in [6.45, 7) is 2.35. The number of ether oxygens (including phenoxy) is 2. The van der Waals surface area contributed by atoms with Gasteiger partial charge in [-0.1, -0.05) is 11.6 Å². The molecular formula is C19H19ClN2O3S. The van der Waals surface area contributed by atoms with Gasteiger partial charge in [-0.3, -0.25) is 9.78 Å². The highest BCUT2D eigenvalue weighted by Crippen LogP contribution is 2.29. The normalized spacial score (nSPS) is 10.8. The fraction of sp³-hybridized carbons (Fsp3) is 0.263. The van der Waals surface area contributed by atoms with E-state index in [4.69, 9.17) is 21.1 Å². The second-order valence-electron chi connectivity index (χ2n) is 5.89. The first-order valence-corrected chi connectivity index (χ1v) is 9.22. The predicted octanol–water partition coefficient (Wildman–Crippen LogP) is 4.30. The highest BCUT2D eigenvalue weighted by atomic mass is 35.5. The van der Waals surface area contributed by atoms with Gasteiger partial charge < -0.3 is 14.4 Å². The van der Waals surface area contributed by atoms with Gasteiger partial charge in [0.25, 0.3) is 5.91 Å². The number of aromatic nitrogens is 1. The van der Waals surface area contributed by atoms with Gasteiger partial charge in [0.2, 0.25) is 0 Å². The summed E-state index contributed by atoms with van der Waals surface area (Å²) in [6.07, 6.45) is 0. The molecule has 26 heavy (non-hydrogen) atoms. The fourth-order valence-electron chi connectivity index (χ4n) is 2.55. The number of halogens is 1. The number of methoxy groups -OCH3 is 1. The molecule has 0 aliphatic carbocycles. The lowest BCUT2D eigenvalue weighted by Gasteiger charge is -2.17. The second-order valence-corrected chi connectivity index (χ2v) is 7.69. The van der Waals surface area contributed by atoms with Crippen molar-refractivity contribution in [3.05, 3.63) is 51.3 Å². The molecule has 0 bridgehead atoms. The Labute approximate surface area is 161 Å². The molecule has 3 aromatic rings. The molecule has 0 spiro atoms. The molecule has 0 unspecified atom stereocenters. The van der Waals surface area contributed by atoms with Crippen LogP contribution in [0.1, 0.15) is 10.6 Å². The Hall–Kier alpha value is -2.31. The van der Waals surface area contributed by atoms with E-state index in [0.717, 1.165) is 21.5 Å². The molecule has 0 fully saturated rings. The number of carbonyl (C=O) groups is 1. The van der Waals surface area contributed by atoms with E-state index in [1.165, 1.54) is 11.3 Å². The number of benzene rings is 1. The van der Waals surface area contributed by atoms with E-state index in [1.807, 2.05) is 43.3 Å². The van der Waals surface area contributed by atoms with Gasteiger partial charge in [-0.25, -0.2) is 0 Å². The van der Waals surface area contributed by atoms with Gasteiger partial charge in [0, 0.05) is 29.1 Å². The molecule has 0 aliphatic heterocycles. The SMILES string of the molecule is COc1ccc2nc(C)cc(OCC(=O)N(C)Cc3ccc(Cl)s3)c2c1. The molecule has 3 rings (SSSR count). The average Bonchev–Trinajstić information content (AvgIpc) is 3.03. The number of hydrogen-bond acceptors (Lipinski definition) is 5. The number of nitrogens with zero attached hydrogens (tertiary/aromatic N) is 2. The minimum absolute atomic E-state index is 0.0502. The summed E-state index contributed by atoms with van der Waals surface area (Å²) in [6, 6.07) is 11.2. The van der Waals surface area contributed by atoms with E-state index in [-0.39, 0.29) is 12.5 Å². The average molecular weight is 391 g/mol. The quantitative estimate of drug-likeness (QED) is 0.629. The Morgan fingerprint density at radius 3 is 2.77 bits per heavy atom. The maximum absolute atomic E-state index is 12.4. The largest absolute Gasteiger partial charge is 0.497 e. The molecule has 2 aromatic heterocycles. The van der Waals surface area contributed by atoms with Gasteiger partial charge in [0.15, 0.2) is 6.61 Å². The second kappa shape index (κ2) is 7.93. The summed E-state index contributed by atoms with van der Waals surface area (Å²) < 4.78 is 11.8. The molecule has 7 heteroatoms. The zero-order chi connectivity index (χ0) is 18.7. The van der Waals surface area contributed by atoms with Crippen LogP contribution in [0.5, 0.6) is 11.5 Å². The van der Waals surface area contributed by atoms with E-state index < -0.39 is 0 Å². The van der Waals surface area contributed by atoms with Crippen LogP contribution in [0.15, 0.2) is 36.4 Å². The number of fused-ring (bicyclic) bond motifs is 1. The number of thiophene rings is 1. The number of likely N-dealkylation sites (N-methyl/N-ethyl adjacent to an activating group) is 1. The number of amides is 1. The van der Waals surface area contributed by atoms with Crippen molar-refractivity contribution in [3.8, 4) is 11.5 Å². The van der Waals surface area contributed by atoms with Gasteiger partial charge in [-0.15, -0.1) is 11.3 Å². The van der Waals surface area contributed by atoms with Crippen molar-refractivity contribution in [3.63, 3.8) is 0 Å². The topological polar surface area (TPSA) is 51.7 Å². The number of rotatable bonds is 6. The predicted molar refractivity (Wildman–Crippen MR) is 104 cm³/mol. The van der Waals surface area contributed by atoms with Crippen LogP contribution in [0.2, 0.25) is 4.34 Å². The van der Waals surface area contributed by atoms with E-state index in [2.05, 4.69) is 4.98 Å². The molecule has 0 aliphatic rings. The highest BCUT2D eigenvalue weighted by molar-refractivity contribution is 7.16. The van der Waals surface area contributed by atoms with Gasteiger partial charge in [0.05, 0.1) is 23.5 Å². The first-order chi connectivity index (χ1) is 12.5. The maximum Gasteiger partial charge on any atom is 0.260 e. The third kappa shape index (κ3) is 4.26. The minimum atomic E-state index is -0.111. The van der Waals surface area contributed by atoms with Crippen molar-refractivity contribution in [2.24, 2.45) is 0 Å². The molecule has 0 N–H and O–H groups in total. The van der Waals surface area contributed by atoms with Crippen LogP contribution in [0.4, 0.5) is 0 Å². The van der Waals surface area contributed by atoms with E-state index in [0.29, 0.717) is 22.4 Å². The highest BCUT2D eigenvalue weighted by Gasteiger charge is 2.13. The first-order valence-electron chi connectivity index (χ1n) is 8.02. The molecule has 136 valence electrons. The van der Waals surface area contributed by atoms with Crippen LogP contribution in [-0.2, 0) is 11.3 Å². The lowest BCUT2D eigenvalue weighted by molar-refractivity contribution is -0.132. The Balaban J connectivity index is 1.73. The van der Waals surface area contributed by atoms with Crippen LogP contribution in [0.25, 0.3) is 10.9 Å². The van der Waals surface area contributed by atoms with Crippen LogP contribution in [0.3, 0.4) is 0 Å². The van der Waals surface area contributed by atoms with Crippen molar-refractivity contribution in [2.45, 2.75) is 13.5 Å². The number of hydrogen-bond donors (Lipinski definition) is 0. The molecule has 5 nitrogen and oxygen atoms in total. The zero-order valence-corrected chi connectivity index (χ0v) is 16.4. The molecule has 0 atom stereocenters. The van der Waals surface area contributed by atoms with Crippen molar-refractivity contribution >= 4 is 39.7 Å². The van der Waals surface area contributed by atoms with Gasteiger partial charge in [0.1, 0.15) is 11.5 Å². The Bertz CT molecular complexity index is 942. The zero-order valence-electron chi connectivity index (χ0n) is 14.8. The van der Waals surface area contributed by atoms with E-state index in [9.17, 15) is 4.79 Å². The third-order valence-corrected chi connectivity index (χ3v) is 5.12. The monoisotopic (exact) mass is 390 g/mol. The van der Waals surface area contributed by atoms with Crippen molar-refractivity contribution in [1.82, 2.24) is 9.88 Å². The van der Waals surface area contributed by atoms with Crippen LogP contribution in [0, 0.1) is 6.92 Å². The molecule has 0 saturated carbocycles. The summed E-state index contributed by atoms with van der Waals surface area (Å²) in [4.78, 5) is 19.5. The van der Waals surface area contributed by atoms with Crippen molar-refractivity contribution < 1.29 is 14.3 Å². The number of pyridine rings is 1. The molecule has 1 amide bonds. The van der Waals surface area contributed by atoms with Crippen LogP contribution >= 0.6 is 22.9 Å². The summed E-state index contributed by atoms with van der Waals surface area (Å²) in [5.74, 6) is 1.22. The Morgan fingerprint density at radius 2 is 2.08 bits per heavy atom. The summed E-state index contributed by atoms with van der Waals surface area (Å²) in [7, 11) is 3.36. The minimum Gasteiger partial charge on any atom is -0.497 e. The Kier molecular flexibility index (Phi) is 5.64. The van der Waals surface area contributed by atoms with E-state index in [1.54, 1.807) is 19.1 Å². The smallest absolute Gasteiger partial charge is 0.260 e. The number of aryl methyl sites for hydroxylation is 1. The molecule has 1 aromatic carbocycles. The van der Waals surface area contributed by atoms with E-state index >= 15 is 0 Å². The lowest BCUT2D eigenvalue weighted by atomic mass is 10.1. The van der Waals surface area contributed by atoms with Crippen molar-refractivity contribution in [1.29, 1.82) is 0 Å². The molecular weight excluding hydrogens is 372 g/mol. The van der Waals surface area contributed by atoms with Crippen LogP contribution in [-0.4, -0.2) is 36.6 Å². The first kappa shape index (κ1) is 18.5. The van der Waals surface area contributed by atoms with Crippen molar-refractivity contribution in [2.75, 3.05) is 20.8 Å². The molecule has 2 heterocycles.